The minimum atomic E-state index is -3.77. The van der Waals surface area contributed by atoms with Crippen molar-refractivity contribution in [2.45, 2.75) is 70.9 Å². The maximum atomic E-state index is 13.8. The van der Waals surface area contributed by atoms with Gasteiger partial charge >= 0.3 is 0 Å². The van der Waals surface area contributed by atoms with Crippen molar-refractivity contribution in [2.75, 3.05) is 30.3 Å². The molecule has 0 aliphatic heterocycles. The van der Waals surface area contributed by atoms with E-state index in [0.717, 1.165) is 41.8 Å². The van der Waals surface area contributed by atoms with Gasteiger partial charge in [0.15, 0.2) is 0 Å². The van der Waals surface area contributed by atoms with Crippen LogP contribution in [0.4, 0.5) is 5.69 Å². The maximum absolute atomic E-state index is 13.8. The molecule has 1 atom stereocenters. The van der Waals surface area contributed by atoms with E-state index in [1.54, 1.807) is 29.2 Å². The van der Waals surface area contributed by atoms with Gasteiger partial charge < -0.3 is 15.0 Å². The number of hydrogen-bond acceptors (Lipinski definition) is 5. The molecular formula is C29H41N3O5S. The minimum Gasteiger partial charge on any atom is -0.494 e. The van der Waals surface area contributed by atoms with Crippen molar-refractivity contribution in [2.24, 2.45) is 0 Å². The number of anilines is 1. The molecular weight excluding hydrogens is 502 g/mol. The SMILES string of the molecule is CCOc1ccc(N(CC(=O)N(CCc2ccccc2)[C@@H](CC)C(=O)NC2CCCCC2)S(C)(=O)=O)cc1. The third-order valence-corrected chi connectivity index (χ3v) is 8.08. The zero-order valence-electron chi connectivity index (χ0n) is 22.8. The molecule has 2 aromatic carbocycles. The number of benzene rings is 2. The van der Waals surface area contributed by atoms with E-state index in [4.69, 9.17) is 4.74 Å². The van der Waals surface area contributed by atoms with E-state index in [2.05, 4.69) is 5.32 Å². The first-order valence-corrected chi connectivity index (χ1v) is 15.4. The Morgan fingerprint density at radius 2 is 1.66 bits per heavy atom. The number of carbonyl (C=O) groups is 2. The lowest BCUT2D eigenvalue weighted by Gasteiger charge is -2.34. The van der Waals surface area contributed by atoms with E-state index < -0.39 is 28.5 Å². The zero-order chi connectivity index (χ0) is 27.5. The molecule has 9 heteroatoms. The molecule has 38 heavy (non-hydrogen) atoms. The summed E-state index contributed by atoms with van der Waals surface area (Å²) in [5, 5.41) is 3.16. The van der Waals surface area contributed by atoms with Crippen LogP contribution in [0, 0.1) is 0 Å². The summed E-state index contributed by atoms with van der Waals surface area (Å²) in [6, 6.07) is 15.8. The van der Waals surface area contributed by atoms with Gasteiger partial charge in [0, 0.05) is 12.6 Å². The first kappa shape index (κ1) is 29.5. The number of carbonyl (C=O) groups excluding carboxylic acids is 2. The Labute approximate surface area is 227 Å². The van der Waals surface area contributed by atoms with E-state index in [0.29, 0.717) is 37.4 Å². The zero-order valence-corrected chi connectivity index (χ0v) is 23.6. The molecule has 8 nitrogen and oxygen atoms in total. The average Bonchev–Trinajstić information content (AvgIpc) is 2.90. The van der Waals surface area contributed by atoms with Crippen molar-refractivity contribution in [3.63, 3.8) is 0 Å². The normalized spacial score (nSPS) is 14.9. The van der Waals surface area contributed by atoms with Crippen LogP contribution in [0.1, 0.15) is 57.9 Å². The summed E-state index contributed by atoms with van der Waals surface area (Å²) in [7, 11) is -3.77. The van der Waals surface area contributed by atoms with E-state index in [1.807, 2.05) is 44.2 Å². The summed E-state index contributed by atoms with van der Waals surface area (Å²) < 4.78 is 32.1. The Morgan fingerprint density at radius 1 is 1.00 bits per heavy atom. The van der Waals surface area contributed by atoms with Gasteiger partial charge in [-0.1, -0.05) is 56.5 Å². The van der Waals surface area contributed by atoms with Crippen molar-refractivity contribution in [3.8, 4) is 5.75 Å². The molecule has 0 saturated heterocycles. The Bertz CT molecular complexity index is 1130. The van der Waals surface area contributed by atoms with Crippen LogP contribution in [0.3, 0.4) is 0 Å². The first-order chi connectivity index (χ1) is 18.2. The van der Waals surface area contributed by atoms with E-state index >= 15 is 0 Å². The highest BCUT2D eigenvalue weighted by molar-refractivity contribution is 7.92. The molecule has 1 aliphatic carbocycles. The Kier molecular flexibility index (Phi) is 11.0. The molecule has 0 bridgehead atoms. The van der Waals surface area contributed by atoms with Gasteiger partial charge in [0.2, 0.25) is 21.8 Å². The highest BCUT2D eigenvalue weighted by Gasteiger charge is 2.32. The highest BCUT2D eigenvalue weighted by atomic mass is 32.2. The predicted octanol–water partition coefficient (Wildman–Crippen LogP) is 4.15. The Balaban J connectivity index is 1.84. The van der Waals surface area contributed by atoms with Crippen molar-refractivity contribution in [3.05, 3.63) is 60.2 Å². The molecule has 3 rings (SSSR count). The number of sulfonamides is 1. The Hall–Kier alpha value is -3.07. The van der Waals surface area contributed by atoms with E-state index in [9.17, 15) is 18.0 Å². The molecule has 1 N–H and O–H groups in total. The van der Waals surface area contributed by atoms with Crippen molar-refractivity contribution in [1.82, 2.24) is 10.2 Å². The van der Waals surface area contributed by atoms with Crippen LogP contribution >= 0.6 is 0 Å². The van der Waals surface area contributed by atoms with E-state index in [-0.39, 0.29) is 11.9 Å². The number of nitrogens with zero attached hydrogens (tertiary/aromatic N) is 2. The van der Waals surface area contributed by atoms with Gasteiger partial charge in [-0.05, 0) is 62.4 Å². The second kappa shape index (κ2) is 14.2. The van der Waals surface area contributed by atoms with Gasteiger partial charge in [0.25, 0.3) is 0 Å². The minimum absolute atomic E-state index is 0.118. The molecule has 0 aromatic heterocycles. The summed E-state index contributed by atoms with van der Waals surface area (Å²) in [5.74, 6) is 0.0321. The molecule has 1 aliphatic rings. The van der Waals surface area contributed by atoms with Crippen LogP contribution in [0.25, 0.3) is 0 Å². The lowest BCUT2D eigenvalue weighted by molar-refractivity contribution is -0.140. The largest absolute Gasteiger partial charge is 0.494 e. The molecule has 0 spiro atoms. The fraction of sp³-hybridized carbons (Fsp3) is 0.517. The highest BCUT2D eigenvalue weighted by Crippen LogP contribution is 2.23. The summed E-state index contributed by atoms with van der Waals surface area (Å²) in [4.78, 5) is 28.7. The third-order valence-electron chi connectivity index (χ3n) is 6.94. The average molecular weight is 544 g/mol. The summed E-state index contributed by atoms with van der Waals surface area (Å²) in [6.07, 6.45) is 7.31. The van der Waals surface area contributed by atoms with Gasteiger partial charge in [-0.3, -0.25) is 13.9 Å². The van der Waals surface area contributed by atoms with Crippen LogP contribution in [-0.4, -0.2) is 63.2 Å². The van der Waals surface area contributed by atoms with Crippen LogP contribution in [0.5, 0.6) is 5.75 Å². The van der Waals surface area contributed by atoms with Crippen LogP contribution in [-0.2, 0) is 26.0 Å². The molecule has 2 amide bonds. The van der Waals surface area contributed by atoms with Gasteiger partial charge in [-0.2, -0.15) is 0 Å². The number of amides is 2. The number of rotatable bonds is 13. The molecule has 208 valence electrons. The van der Waals surface area contributed by atoms with Crippen LogP contribution in [0.2, 0.25) is 0 Å². The van der Waals surface area contributed by atoms with E-state index in [1.165, 1.54) is 6.42 Å². The predicted molar refractivity (Wildman–Crippen MR) is 151 cm³/mol. The molecule has 0 heterocycles. The first-order valence-electron chi connectivity index (χ1n) is 13.6. The van der Waals surface area contributed by atoms with Crippen LogP contribution in [0.15, 0.2) is 54.6 Å². The lowest BCUT2D eigenvalue weighted by atomic mass is 9.95. The molecule has 1 fully saturated rings. The van der Waals surface area contributed by atoms with Gasteiger partial charge in [-0.25, -0.2) is 8.42 Å². The summed E-state index contributed by atoms with van der Waals surface area (Å²) in [6.45, 7) is 4.16. The standard InChI is InChI=1S/C29H41N3O5S/c1-4-27(29(34)30-24-14-10-7-11-15-24)31(21-20-23-12-8-6-9-13-23)28(33)22-32(38(3,35)36)25-16-18-26(19-17-25)37-5-2/h6,8-9,12-13,16-19,24,27H,4-5,7,10-11,14-15,20-22H2,1-3H3,(H,30,34)/t27-/m0/s1. The monoisotopic (exact) mass is 543 g/mol. The molecule has 0 unspecified atom stereocenters. The number of nitrogens with one attached hydrogen (secondary N) is 1. The number of hydrogen-bond donors (Lipinski definition) is 1. The van der Waals surface area contributed by atoms with Crippen LogP contribution < -0.4 is 14.4 Å². The van der Waals surface area contributed by atoms with Crippen molar-refractivity contribution < 1.29 is 22.7 Å². The van der Waals surface area contributed by atoms with Gasteiger partial charge in [0.1, 0.15) is 18.3 Å². The van der Waals surface area contributed by atoms with Gasteiger partial charge in [-0.15, -0.1) is 0 Å². The second-order valence-electron chi connectivity index (χ2n) is 9.79. The smallest absolute Gasteiger partial charge is 0.244 e. The van der Waals surface area contributed by atoms with Crippen molar-refractivity contribution in [1.29, 1.82) is 0 Å². The third kappa shape index (κ3) is 8.48. The van der Waals surface area contributed by atoms with Crippen molar-refractivity contribution >= 4 is 27.5 Å². The molecule has 2 aromatic rings. The lowest BCUT2D eigenvalue weighted by Crippen LogP contribution is -2.54. The number of ether oxygens (including phenoxy) is 1. The summed E-state index contributed by atoms with van der Waals surface area (Å²) in [5.41, 5.74) is 1.41. The quantitative estimate of drug-likeness (QED) is 0.410. The van der Waals surface area contributed by atoms with Gasteiger partial charge in [0.05, 0.1) is 18.6 Å². The molecule has 0 radical (unpaired) electrons. The fourth-order valence-corrected chi connectivity index (χ4v) is 5.78. The topological polar surface area (TPSA) is 96.0 Å². The maximum Gasteiger partial charge on any atom is 0.244 e. The molecule has 1 saturated carbocycles. The summed E-state index contributed by atoms with van der Waals surface area (Å²) >= 11 is 0. The fourth-order valence-electron chi connectivity index (χ4n) is 4.93. The Morgan fingerprint density at radius 3 is 2.24 bits per heavy atom. The second-order valence-corrected chi connectivity index (χ2v) is 11.7.